The van der Waals surface area contributed by atoms with Crippen LogP contribution in [0.25, 0.3) is 0 Å². The molecule has 0 radical (unpaired) electrons. The third-order valence-corrected chi connectivity index (χ3v) is 6.41. The zero-order valence-corrected chi connectivity index (χ0v) is 19.4. The van der Waals surface area contributed by atoms with Crippen LogP contribution >= 0.6 is 0 Å². The first-order valence-corrected chi connectivity index (χ1v) is 11.6. The fourth-order valence-corrected chi connectivity index (χ4v) is 4.78. The number of hydrogen-bond donors (Lipinski definition) is 1. The van der Waals surface area contributed by atoms with E-state index in [0.717, 1.165) is 31.5 Å². The van der Waals surface area contributed by atoms with Crippen molar-refractivity contribution in [2.45, 2.75) is 25.3 Å². The van der Waals surface area contributed by atoms with Gasteiger partial charge in [0, 0.05) is 38.0 Å². The van der Waals surface area contributed by atoms with Gasteiger partial charge in [0.1, 0.15) is 25.8 Å². The highest BCUT2D eigenvalue weighted by Gasteiger charge is 2.40. The first-order valence-electron chi connectivity index (χ1n) is 11.6. The van der Waals surface area contributed by atoms with Gasteiger partial charge in [-0.05, 0) is 49.6 Å². The molecule has 3 heterocycles. The molecule has 5 rings (SSSR count). The van der Waals surface area contributed by atoms with E-state index in [1.165, 1.54) is 9.80 Å². The van der Waals surface area contributed by atoms with Crippen molar-refractivity contribution in [3.05, 3.63) is 42.0 Å². The summed E-state index contributed by atoms with van der Waals surface area (Å²) in [5.41, 5.74) is 2.51. The molecule has 178 valence electrons. The molecule has 34 heavy (non-hydrogen) atoms. The van der Waals surface area contributed by atoms with Crippen LogP contribution in [0, 0.1) is 0 Å². The Morgan fingerprint density at radius 3 is 2.62 bits per heavy atom. The zero-order chi connectivity index (χ0) is 23.8. The lowest BCUT2D eigenvalue weighted by Crippen LogP contribution is -2.56. The molecule has 0 unspecified atom stereocenters. The number of benzene rings is 2. The Hall–Kier alpha value is -3.75. The van der Waals surface area contributed by atoms with E-state index in [2.05, 4.69) is 10.2 Å². The minimum Gasteiger partial charge on any atom is -0.486 e. The smallest absolute Gasteiger partial charge is 0.253 e. The number of nitrogens with one attached hydrogen (secondary N) is 1. The van der Waals surface area contributed by atoms with Crippen LogP contribution in [-0.2, 0) is 9.59 Å². The highest BCUT2D eigenvalue weighted by molar-refractivity contribution is 6.11. The molecule has 1 atom stereocenters. The van der Waals surface area contributed by atoms with E-state index >= 15 is 0 Å². The van der Waals surface area contributed by atoms with Gasteiger partial charge in [0.15, 0.2) is 11.5 Å². The Morgan fingerprint density at radius 1 is 1.03 bits per heavy atom. The zero-order valence-electron chi connectivity index (χ0n) is 19.4. The minimum absolute atomic E-state index is 0.112. The summed E-state index contributed by atoms with van der Waals surface area (Å²) in [6.45, 7) is 1.58. The summed E-state index contributed by atoms with van der Waals surface area (Å²) in [5.74, 6) is 0.619. The van der Waals surface area contributed by atoms with Gasteiger partial charge >= 0.3 is 0 Å². The monoisotopic (exact) mass is 464 g/mol. The maximum absolute atomic E-state index is 13.5. The first kappa shape index (κ1) is 22.1. The summed E-state index contributed by atoms with van der Waals surface area (Å²) in [4.78, 5) is 44.2. The van der Waals surface area contributed by atoms with Gasteiger partial charge in [0.05, 0.1) is 11.4 Å². The van der Waals surface area contributed by atoms with Gasteiger partial charge in [-0.25, -0.2) is 0 Å². The van der Waals surface area contributed by atoms with E-state index in [1.54, 1.807) is 44.4 Å². The molecular weight excluding hydrogens is 436 g/mol. The molecule has 0 saturated carbocycles. The van der Waals surface area contributed by atoms with Crippen molar-refractivity contribution >= 4 is 34.8 Å². The van der Waals surface area contributed by atoms with Gasteiger partial charge in [0.25, 0.3) is 5.91 Å². The second kappa shape index (κ2) is 8.89. The van der Waals surface area contributed by atoms with Crippen molar-refractivity contribution in [3.8, 4) is 11.5 Å². The fourth-order valence-electron chi connectivity index (χ4n) is 4.78. The molecule has 0 spiro atoms. The maximum atomic E-state index is 13.5. The number of carbonyl (C=O) groups is 3. The van der Waals surface area contributed by atoms with E-state index in [-0.39, 0.29) is 30.3 Å². The van der Waals surface area contributed by atoms with Gasteiger partial charge < -0.3 is 24.6 Å². The molecule has 0 aromatic heterocycles. The molecule has 2 aromatic rings. The van der Waals surface area contributed by atoms with Crippen LogP contribution in [0.15, 0.2) is 36.4 Å². The summed E-state index contributed by atoms with van der Waals surface area (Å²) in [7, 11) is 3.37. The van der Waals surface area contributed by atoms with Crippen LogP contribution in [0.4, 0.5) is 17.1 Å². The van der Waals surface area contributed by atoms with Crippen molar-refractivity contribution in [1.29, 1.82) is 0 Å². The normalized spacial score (nSPS) is 18.6. The highest BCUT2D eigenvalue weighted by atomic mass is 16.6. The van der Waals surface area contributed by atoms with Crippen LogP contribution in [-0.4, -0.2) is 69.1 Å². The van der Waals surface area contributed by atoms with Gasteiger partial charge in [-0.2, -0.15) is 0 Å². The Bertz CT molecular complexity index is 1150. The molecule has 2 aromatic carbocycles. The molecule has 9 nitrogen and oxygen atoms in total. The van der Waals surface area contributed by atoms with Crippen molar-refractivity contribution in [2.75, 3.05) is 55.5 Å². The average Bonchev–Trinajstić information content (AvgIpc) is 2.85. The number of fused-ring (bicyclic) bond motifs is 4. The quantitative estimate of drug-likeness (QED) is 0.748. The third kappa shape index (κ3) is 4.02. The number of rotatable bonds is 4. The van der Waals surface area contributed by atoms with E-state index in [1.807, 2.05) is 6.07 Å². The van der Waals surface area contributed by atoms with Gasteiger partial charge in [-0.3, -0.25) is 19.3 Å². The van der Waals surface area contributed by atoms with Crippen LogP contribution in [0.3, 0.4) is 0 Å². The fraction of sp³-hybridized carbons (Fsp3) is 0.400. The lowest BCUT2D eigenvalue weighted by molar-refractivity contribution is -0.123. The topological polar surface area (TPSA) is 91.4 Å². The van der Waals surface area contributed by atoms with E-state index in [9.17, 15) is 14.4 Å². The Kier molecular flexibility index (Phi) is 5.77. The van der Waals surface area contributed by atoms with E-state index in [4.69, 9.17) is 9.47 Å². The number of ether oxygens (including phenoxy) is 2. The van der Waals surface area contributed by atoms with Crippen molar-refractivity contribution in [1.82, 2.24) is 4.90 Å². The summed E-state index contributed by atoms with van der Waals surface area (Å²) >= 11 is 0. The summed E-state index contributed by atoms with van der Waals surface area (Å²) in [6.07, 6.45) is 2.72. The molecule has 9 heteroatoms. The van der Waals surface area contributed by atoms with Crippen molar-refractivity contribution < 1.29 is 23.9 Å². The van der Waals surface area contributed by atoms with E-state index in [0.29, 0.717) is 41.7 Å². The molecule has 0 aliphatic carbocycles. The standard InChI is InChI=1S/C25H28N4O5/c1-27(2)24(31)16-6-8-18-20(13-16)29(25(32)19-5-3-4-10-28(18)19)15-23(30)26-17-7-9-21-22(14-17)34-12-11-33-21/h6-9,13-14,19H,3-5,10-12,15H2,1-2H3,(H,26,30)/t19-/m0/s1. The lowest BCUT2D eigenvalue weighted by Gasteiger charge is -2.45. The predicted octanol–water partition coefficient (Wildman–Crippen LogP) is 2.50. The van der Waals surface area contributed by atoms with Crippen LogP contribution < -0.4 is 24.6 Å². The first-order chi connectivity index (χ1) is 16.4. The lowest BCUT2D eigenvalue weighted by atomic mass is 9.95. The SMILES string of the molecule is CN(C)C(=O)c1ccc2c(c1)N(CC(=O)Nc1ccc3c(c1)OCCO3)C(=O)[C@@H]1CCCCN21. The maximum Gasteiger partial charge on any atom is 0.253 e. The molecule has 1 N–H and O–H groups in total. The summed E-state index contributed by atoms with van der Waals surface area (Å²) in [5, 5.41) is 2.86. The number of carbonyl (C=O) groups excluding carboxylic acids is 3. The second-order valence-electron chi connectivity index (χ2n) is 8.94. The van der Waals surface area contributed by atoms with Gasteiger partial charge in [-0.15, -0.1) is 0 Å². The second-order valence-corrected chi connectivity index (χ2v) is 8.94. The predicted molar refractivity (Wildman–Crippen MR) is 128 cm³/mol. The van der Waals surface area contributed by atoms with Crippen LogP contribution in [0.5, 0.6) is 11.5 Å². The Labute approximate surface area is 198 Å². The Balaban J connectivity index is 1.43. The number of anilines is 3. The van der Waals surface area contributed by atoms with Gasteiger partial charge in [0.2, 0.25) is 11.8 Å². The number of amides is 3. The van der Waals surface area contributed by atoms with Gasteiger partial charge in [-0.1, -0.05) is 0 Å². The van der Waals surface area contributed by atoms with Crippen molar-refractivity contribution in [2.24, 2.45) is 0 Å². The minimum atomic E-state index is -0.329. The Morgan fingerprint density at radius 2 is 1.82 bits per heavy atom. The molecule has 0 bridgehead atoms. The average molecular weight is 465 g/mol. The molecule has 1 fully saturated rings. The number of hydrogen-bond acceptors (Lipinski definition) is 6. The molecule has 3 aliphatic heterocycles. The summed E-state index contributed by atoms with van der Waals surface area (Å²) < 4.78 is 11.1. The molecular formula is C25H28N4O5. The summed E-state index contributed by atoms with van der Waals surface area (Å²) in [6, 6.07) is 10.3. The number of nitrogens with zero attached hydrogens (tertiary/aromatic N) is 3. The molecule has 1 saturated heterocycles. The van der Waals surface area contributed by atoms with E-state index < -0.39 is 0 Å². The van der Waals surface area contributed by atoms with Crippen LogP contribution in [0.2, 0.25) is 0 Å². The third-order valence-electron chi connectivity index (χ3n) is 6.41. The molecule has 3 amide bonds. The van der Waals surface area contributed by atoms with Crippen LogP contribution in [0.1, 0.15) is 29.6 Å². The van der Waals surface area contributed by atoms with Crippen molar-refractivity contribution in [3.63, 3.8) is 0 Å². The molecule has 3 aliphatic rings. The number of piperidine rings is 1. The highest BCUT2D eigenvalue weighted by Crippen LogP contribution is 2.40. The largest absolute Gasteiger partial charge is 0.486 e.